The van der Waals surface area contributed by atoms with E-state index in [9.17, 15) is 0 Å². The normalized spacial score (nSPS) is 16.8. The van der Waals surface area contributed by atoms with Crippen LogP contribution >= 0.6 is 11.8 Å². The van der Waals surface area contributed by atoms with E-state index in [0.717, 1.165) is 16.8 Å². The Labute approximate surface area is 111 Å². The Hall–Kier alpha value is -0.660. The minimum atomic E-state index is -0.306. The van der Waals surface area contributed by atoms with Crippen LogP contribution in [0.2, 0.25) is 0 Å². The molecule has 0 bridgehead atoms. The Morgan fingerprint density at radius 3 is 2.72 bits per heavy atom. The third-order valence-electron chi connectivity index (χ3n) is 3.27. The molecule has 1 saturated carbocycles. The minimum absolute atomic E-state index is 0.306. The summed E-state index contributed by atoms with van der Waals surface area (Å²) in [6.07, 6.45) is 5.11. The van der Waals surface area contributed by atoms with Crippen LogP contribution in [0.15, 0.2) is 5.16 Å². The summed E-state index contributed by atoms with van der Waals surface area (Å²) in [7, 11) is 3.23. The van der Waals surface area contributed by atoms with Crippen LogP contribution in [0.5, 0.6) is 0 Å². The highest BCUT2D eigenvalue weighted by Crippen LogP contribution is 2.30. The lowest BCUT2D eigenvalue weighted by molar-refractivity contribution is -0.113. The second-order valence-electron chi connectivity index (χ2n) is 4.51. The van der Waals surface area contributed by atoms with Crippen molar-refractivity contribution in [2.45, 2.75) is 43.7 Å². The third kappa shape index (κ3) is 3.66. The summed E-state index contributed by atoms with van der Waals surface area (Å²) in [4.78, 5) is 0. The van der Waals surface area contributed by atoms with Gasteiger partial charge in [0, 0.05) is 20.0 Å². The van der Waals surface area contributed by atoms with E-state index in [2.05, 4.69) is 15.5 Å². The Kier molecular flexibility index (Phi) is 5.40. The molecule has 0 N–H and O–H groups in total. The van der Waals surface area contributed by atoms with Gasteiger partial charge < -0.3 is 9.47 Å². The van der Waals surface area contributed by atoms with E-state index < -0.39 is 0 Å². The second kappa shape index (κ2) is 7.06. The lowest BCUT2D eigenvalue weighted by Crippen LogP contribution is -2.22. The van der Waals surface area contributed by atoms with Gasteiger partial charge in [-0.1, -0.05) is 24.6 Å². The van der Waals surface area contributed by atoms with Crippen LogP contribution in [0, 0.1) is 5.92 Å². The number of thioether (sulfide) groups is 1. The first kappa shape index (κ1) is 13.8. The van der Waals surface area contributed by atoms with Gasteiger partial charge in [0.05, 0.1) is 6.54 Å². The molecule has 0 aromatic carbocycles. The lowest BCUT2D eigenvalue weighted by Gasteiger charge is -2.14. The first-order chi connectivity index (χ1) is 8.83. The van der Waals surface area contributed by atoms with Crippen molar-refractivity contribution in [3.05, 3.63) is 0 Å². The molecule has 102 valence electrons. The van der Waals surface area contributed by atoms with Gasteiger partial charge in [0.2, 0.25) is 5.16 Å². The fourth-order valence-electron chi connectivity index (χ4n) is 2.17. The van der Waals surface area contributed by atoms with Crippen LogP contribution in [0.25, 0.3) is 0 Å². The van der Waals surface area contributed by atoms with Crippen LogP contribution in [-0.2, 0) is 16.0 Å². The molecule has 0 spiro atoms. The lowest BCUT2D eigenvalue weighted by atomic mass is 10.1. The van der Waals surface area contributed by atoms with Crippen LogP contribution in [0.3, 0.4) is 0 Å². The first-order valence-corrected chi connectivity index (χ1v) is 7.26. The maximum absolute atomic E-state index is 5.16. The van der Waals surface area contributed by atoms with E-state index in [0.29, 0.717) is 6.54 Å². The van der Waals surface area contributed by atoms with Gasteiger partial charge in [-0.3, -0.25) is 0 Å². The zero-order valence-corrected chi connectivity index (χ0v) is 11.7. The Bertz CT molecular complexity index is 351. The van der Waals surface area contributed by atoms with Crippen molar-refractivity contribution in [3.8, 4) is 0 Å². The Balaban J connectivity index is 1.86. The highest BCUT2D eigenvalue weighted by molar-refractivity contribution is 7.99. The molecule has 7 heteroatoms. The largest absolute Gasteiger partial charge is 0.354 e. The molecule has 0 atom stereocenters. The average Bonchev–Trinajstić information content (AvgIpc) is 3.04. The smallest absolute Gasteiger partial charge is 0.209 e. The molecule has 1 aliphatic rings. The van der Waals surface area contributed by atoms with Crippen LogP contribution in [0.4, 0.5) is 0 Å². The highest BCUT2D eigenvalue weighted by Gasteiger charge is 2.18. The molecule has 0 radical (unpaired) electrons. The standard InChI is InChI=1S/C11H20N4O2S/c1-16-10(17-2)7-15-11(12-13-14-15)18-8-9-5-3-4-6-9/h9-10H,3-8H2,1-2H3. The summed E-state index contributed by atoms with van der Waals surface area (Å²) in [6, 6.07) is 0. The monoisotopic (exact) mass is 272 g/mol. The van der Waals surface area contributed by atoms with Crippen LogP contribution < -0.4 is 0 Å². The fourth-order valence-corrected chi connectivity index (χ4v) is 3.24. The maximum Gasteiger partial charge on any atom is 0.209 e. The molecule has 2 rings (SSSR count). The molecule has 0 amide bonds. The summed E-state index contributed by atoms with van der Waals surface area (Å²) in [5, 5.41) is 12.6. The zero-order chi connectivity index (χ0) is 12.8. The van der Waals surface area contributed by atoms with E-state index in [-0.39, 0.29) is 6.29 Å². The Morgan fingerprint density at radius 2 is 2.06 bits per heavy atom. The van der Waals surface area contributed by atoms with Crippen molar-refractivity contribution >= 4 is 11.8 Å². The molecule has 0 aliphatic heterocycles. The number of nitrogens with zero attached hydrogens (tertiary/aromatic N) is 4. The van der Waals surface area contributed by atoms with Gasteiger partial charge in [0.25, 0.3) is 0 Å². The van der Waals surface area contributed by atoms with Gasteiger partial charge in [-0.2, -0.15) is 0 Å². The number of rotatable bonds is 7. The molecule has 1 aromatic rings. The second-order valence-corrected chi connectivity index (χ2v) is 5.49. The van der Waals surface area contributed by atoms with Crippen molar-refractivity contribution < 1.29 is 9.47 Å². The van der Waals surface area contributed by atoms with Gasteiger partial charge >= 0.3 is 0 Å². The van der Waals surface area contributed by atoms with E-state index in [1.54, 1.807) is 30.7 Å². The van der Waals surface area contributed by atoms with Crippen molar-refractivity contribution in [3.63, 3.8) is 0 Å². The number of aromatic nitrogens is 4. The number of hydrogen-bond donors (Lipinski definition) is 0. The van der Waals surface area contributed by atoms with Gasteiger partial charge in [-0.25, -0.2) is 4.68 Å². The SMILES string of the molecule is COC(Cn1nnnc1SCC1CCCC1)OC. The van der Waals surface area contributed by atoms with E-state index in [1.807, 2.05) is 0 Å². The van der Waals surface area contributed by atoms with Crippen LogP contribution in [0.1, 0.15) is 25.7 Å². The van der Waals surface area contributed by atoms with Gasteiger partial charge in [0.1, 0.15) is 0 Å². The summed E-state index contributed by atoms with van der Waals surface area (Å²) < 4.78 is 12.1. The number of hydrogen-bond acceptors (Lipinski definition) is 6. The number of tetrazole rings is 1. The predicted molar refractivity (Wildman–Crippen MR) is 68.3 cm³/mol. The topological polar surface area (TPSA) is 62.1 Å². The summed E-state index contributed by atoms with van der Waals surface area (Å²) >= 11 is 1.73. The quantitative estimate of drug-likeness (QED) is 0.554. The predicted octanol–water partition coefficient (Wildman–Crippen LogP) is 1.57. The fraction of sp³-hybridized carbons (Fsp3) is 0.909. The van der Waals surface area contributed by atoms with Crippen molar-refractivity contribution in [2.24, 2.45) is 5.92 Å². The molecule has 1 aromatic heterocycles. The Morgan fingerprint density at radius 1 is 1.33 bits per heavy atom. The van der Waals surface area contributed by atoms with E-state index in [1.165, 1.54) is 25.7 Å². The maximum atomic E-state index is 5.16. The minimum Gasteiger partial charge on any atom is -0.354 e. The van der Waals surface area contributed by atoms with E-state index >= 15 is 0 Å². The number of methoxy groups -OCH3 is 2. The number of ether oxygens (including phenoxy) is 2. The first-order valence-electron chi connectivity index (χ1n) is 6.28. The highest BCUT2D eigenvalue weighted by atomic mass is 32.2. The molecular formula is C11H20N4O2S. The zero-order valence-electron chi connectivity index (χ0n) is 10.9. The van der Waals surface area contributed by atoms with Crippen molar-refractivity contribution in [1.29, 1.82) is 0 Å². The molecule has 1 fully saturated rings. The third-order valence-corrected chi connectivity index (χ3v) is 4.46. The van der Waals surface area contributed by atoms with Crippen LogP contribution in [-0.4, -0.2) is 46.5 Å². The van der Waals surface area contributed by atoms with E-state index in [4.69, 9.17) is 9.47 Å². The summed E-state index contributed by atoms with van der Waals surface area (Å²) in [6.45, 7) is 0.521. The molecule has 18 heavy (non-hydrogen) atoms. The van der Waals surface area contributed by atoms with Gasteiger partial charge in [-0.05, 0) is 29.2 Å². The average molecular weight is 272 g/mol. The molecule has 1 aliphatic carbocycles. The van der Waals surface area contributed by atoms with Crippen molar-refractivity contribution in [1.82, 2.24) is 20.2 Å². The van der Waals surface area contributed by atoms with Gasteiger partial charge in [-0.15, -0.1) is 5.10 Å². The van der Waals surface area contributed by atoms with Crippen molar-refractivity contribution in [2.75, 3.05) is 20.0 Å². The molecular weight excluding hydrogens is 252 g/mol. The summed E-state index contributed by atoms with van der Waals surface area (Å²) in [5.74, 6) is 1.92. The van der Waals surface area contributed by atoms with Gasteiger partial charge in [0.15, 0.2) is 6.29 Å². The molecule has 6 nitrogen and oxygen atoms in total. The molecule has 1 heterocycles. The molecule has 0 unspecified atom stereocenters. The summed E-state index contributed by atoms with van der Waals surface area (Å²) in [5.41, 5.74) is 0. The molecule has 0 saturated heterocycles.